The van der Waals surface area contributed by atoms with E-state index in [0.29, 0.717) is 5.56 Å². The molecule has 0 aliphatic carbocycles. The highest BCUT2D eigenvalue weighted by molar-refractivity contribution is 5.97. The summed E-state index contributed by atoms with van der Waals surface area (Å²) in [4.78, 5) is 26.8. The number of rotatable bonds is 4. The van der Waals surface area contributed by atoms with Gasteiger partial charge in [0.25, 0.3) is 5.91 Å². The summed E-state index contributed by atoms with van der Waals surface area (Å²) in [5.74, 6) is -0.339. The monoisotopic (exact) mass is 326 g/mol. The van der Waals surface area contributed by atoms with Crippen LogP contribution in [0.5, 0.6) is 0 Å². The molecule has 2 heterocycles. The van der Waals surface area contributed by atoms with E-state index in [4.69, 9.17) is 4.42 Å². The molecule has 0 saturated carbocycles. The number of hydrogen-bond acceptors (Lipinski definition) is 3. The molecule has 1 fully saturated rings. The lowest BCUT2D eigenvalue weighted by atomic mass is 9.99. The largest absolute Gasteiger partial charge is 0.472 e. The summed E-state index contributed by atoms with van der Waals surface area (Å²) in [6.07, 6.45) is 4.75. The van der Waals surface area contributed by atoms with E-state index in [1.165, 1.54) is 23.7 Å². The van der Waals surface area contributed by atoms with Crippen molar-refractivity contribution in [2.75, 3.05) is 6.54 Å². The number of furan rings is 1. The predicted molar refractivity (Wildman–Crippen MR) is 90.5 cm³/mol. The van der Waals surface area contributed by atoms with Gasteiger partial charge in [-0.3, -0.25) is 9.59 Å². The molecule has 1 aliphatic heterocycles. The third-order valence-electron chi connectivity index (χ3n) is 4.58. The van der Waals surface area contributed by atoms with E-state index >= 15 is 0 Å². The smallest absolute Gasteiger partial charge is 0.255 e. The fraction of sp³-hybridized carbons (Fsp3) is 0.368. The van der Waals surface area contributed by atoms with Crippen LogP contribution in [0.4, 0.5) is 0 Å². The standard InChI is InChI=1S/C19H22N2O3/c1-13-6-3-4-7-16(13)17-8-5-10-21(17)19(23)14(2)20-18(22)15-9-11-24-12-15/h3-4,6-7,9,11-12,14,17H,5,8,10H2,1-2H3,(H,20,22)/t14-,17+/m0/s1. The highest BCUT2D eigenvalue weighted by atomic mass is 16.3. The van der Waals surface area contributed by atoms with Crippen molar-refractivity contribution in [2.24, 2.45) is 0 Å². The van der Waals surface area contributed by atoms with E-state index in [1.807, 2.05) is 17.0 Å². The minimum absolute atomic E-state index is 0.0439. The Morgan fingerprint density at radius 3 is 2.79 bits per heavy atom. The van der Waals surface area contributed by atoms with Crippen molar-refractivity contribution in [3.8, 4) is 0 Å². The lowest BCUT2D eigenvalue weighted by molar-refractivity contribution is -0.133. The number of amides is 2. The summed E-state index contributed by atoms with van der Waals surface area (Å²) >= 11 is 0. The first kappa shape index (κ1) is 16.3. The zero-order valence-electron chi connectivity index (χ0n) is 14.0. The Bertz CT molecular complexity index is 724. The van der Waals surface area contributed by atoms with Gasteiger partial charge in [0.15, 0.2) is 0 Å². The van der Waals surface area contributed by atoms with Gasteiger partial charge in [-0.15, -0.1) is 0 Å². The van der Waals surface area contributed by atoms with Crippen LogP contribution in [0.25, 0.3) is 0 Å². The highest BCUT2D eigenvalue weighted by Gasteiger charge is 2.33. The summed E-state index contributed by atoms with van der Waals surface area (Å²) in [6.45, 7) is 4.53. The Kier molecular flexibility index (Phi) is 4.69. The number of benzene rings is 1. The molecular formula is C19H22N2O3. The maximum absolute atomic E-state index is 12.8. The Morgan fingerprint density at radius 1 is 1.29 bits per heavy atom. The average molecular weight is 326 g/mol. The number of nitrogens with zero attached hydrogens (tertiary/aromatic N) is 1. The van der Waals surface area contributed by atoms with Gasteiger partial charge in [0, 0.05) is 6.54 Å². The average Bonchev–Trinajstić information content (AvgIpc) is 3.26. The van der Waals surface area contributed by atoms with Crippen LogP contribution in [0.15, 0.2) is 47.3 Å². The molecule has 1 saturated heterocycles. The molecule has 126 valence electrons. The Balaban J connectivity index is 1.71. The Morgan fingerprint density at radius 2 is 2.08 bits per heavy atom. The molecule has 1 aliphatic rings. The SMILES string of the molecule is Cc1ccccc1[C@H]1CCCN1C(=O)[C@H](C)NC(=O)c1ccoc1. The normalized spacial score (nSPS) is 18.4. The second-order valence-electron chi connectivity index (χ2n) is 6.25. The first-order valence-electron chi connectivity index (χ1n) is 8.27. The number of carbonyl (C=O) groups is 2. The van der Waals surface area contributed by atoms with Gasteiger partial charge in [0.05, 0.1) is 17.9 Å². The van der Waals surface area contributed by atoms with E-state index in [0.717, 1.165) is 19.4 Å². The van der Waals surface area contributed by atoms with E-state index in [-0.39, 0.29) is 17.9 Å². The lowest BCUT2D eigenvalue weighted by Crippen LogP contribution is -2.46. The van der Waals surface area contributed by atoms with E-state index < -0.39 is 6.04 Å². The molecule has 2 atom stereocenters. The summed E-state index contributed by atoms with van der Waals surface area (Å²) in [5, 5.41) is 2.76. The fourth-order valence-corrected chi connectivity index (χ4v) is 3.30. The van der Waals surface area contributed by atoms with Gasteiger partial charge < -0.3 is 14.6 Å². The molecule has 1 aromatic heterocycles. The molecule has 5 nitrogen and oxygen atoms in total. The number of aryl methyl sites for hydroxylation is 1. The summed E-state index contributed by atoms with van der Waals surface area (Å²) < 4.78 is 4.91. The maximum Gasteiger partial charge on any atom is 0.255 e. The van der Waals surface area contributed by atoms with Crippen LogP contribution in [0.2, 0.25) is 0 Å². The molecule has 1 N–H and O–H groups in total. The Labute approximate surface area is 141 Å². The van der Waals surface area contributed by atoms with Crippen molar-refractivity contribution in [3.63, 3.8) is 0 Å². The van der Waals surface area contributed by atoms with Crippen molar-refractivity contribution in [1.82, 2.24) is 10.2 Å². The number of carbonyl (C=O) groups excluding carboxylic acids is 2. The maximum atomic E-state index is 12.8. The molecule has 3 rings (SSSR count). The van der Waals surface area contributed by atoms with Gasteiger partial charge in [-0.25, -0.2) is 0 Å². The van der Waals surface area contributed by atoms with Gasteiger partial charge in [-0.2, -0.15) is 0 Å². The van der Waals surface area contributed by atoms with E-state index in [9.17, 15) is 9.59 Å². The van der Waals surface area contributed by atoms with Gasteiger partial charge >= 0.3 is 0 Å². The molecule has 5 heteroatoms. The second-order valence-corrected chi connectivity index (χ2v) is 6.25. The van der Waals surface area contributed by atoms with Crippen LogP contribution in [-0.2, 0) is 4.79 Å². The molecule has 2 aromatic rings. The summed E-state index contributed by atoms with van der Waals surface area (Å²) in [5.41, 5.74) is 2.81. The minimum Gasteiger partial charge on any atom is -0.472 e. The Hall–Kier alpha value is -2.56. The van der Waals surface area contributed by atoms with Crippen molar-refractivity contribution >= 4 is 11.8 Å². The quantitative estimate of drug-likeness (QED) is 0.939. The van der Waals surface area contributed by atoms with Gasteiger partial charge in [0.2, 0.25) is 5.91 Å². The molecule has 1 aromatic carbocycles. The van der Waals surface area contributed by atoms with Crippen molar-refractivity contribution < 1.29 is 14.0 Å². The van der Waals surface area contributed by atoms with Crippen LogP contribution in [0.1, 0.15) is 47.3 Å². The van der Waals surface area contributed by atoms with Gasteiger partial charge in [0.1, 0.15) is 12.3 Å². The third-order valence-corrected chi connectivity index (χ3v) is 4.58. The fourth-order valence-electron chi connectivity index (χ4n) is 3.30. The molecule has 0 spiro atoms. The summed E-state index contributed by atoms with van der Waals surface area (Å²) in [7, 11) is 0. The van der Waals surface area contributed by atoms with Gasteiger partial charge in [-0.1, -0.05) is 24.3 Å². The zero-order valence-corrected chi connectivity index (χ0v) is 14.0. The first-order valence-corrected chi connectivity index (χ1v) is 8.27. The molecule has 0 unspecified atom stereocenters. The highest BCUT2D eigenvalue weighted by Crippen LogP contribution is 2.33. The van der Waals surface area contributed by atoms with Crippen LogP contribution < -0.4 is 5.32 Å². The molecule has 0 bridgehead atoms. The van der Waals surface area contributed by atoms with Crippen molar-refractivity contribution in [3.05, 3.63) is 59.5 Å². The van der Waals surface area contributed by atoms with Crippen molar-refractivity contribution in [1.29, 1.82) is 0 Å². The van der Waals surface area contributed by atoms with E-state index in [1.54, 1.807) is 13.0 Å². The van der Waals surface area contributed by atoms with Crippen LogP contribution >= 0.6 is 0 Å². The second kappa shape index (κ2) is 6.91. The van der Waals surface area contributed by atoms with Crippen molar-refractivity contribution in [2.45, 2.75) is 38.8 Å². The number of hydrogen-bond donors (Lipinski definition) is 1. The van der Waals surface area contributed by atoms with Crippen LogP contribution in [0.3, 0.4) is 0 Å². The van der Waals surface area contributed by atoms with Crippen LogP contribution in [-0.4, -0.2) is 29.3 Å². The molecular weight excluding hydrogens is 304 g/mol. The molecule has 0 radical (unpaired) electrons. The zero-order chi connectivity index (χ0) is 17.1. The topological polar surface area (TPSA) is 62.6 Å². The molecule has 2 amide bonds. The molecule has 24 heavy (non-hydrogen) atoms. The third kappa shape index (κ3) is 3.20. The minimum atomic E-state index is -0.572. The van der Waals surface area contributed by atoms with E-state index in [2.05, 4.69) is 24.4 Å². The van der Waals surface area contributed by atoms with Crippen LogP contribution in [0, 0.1) is 6.92 Å². The predicted octanol–water partition coefficient (Wildman–Crippen LogP) is 3.07. The number of nitrogens with one attached hydrogen (secondary N) is 1. The lowest BCUT2D eigenvalue weighted by Gasteiger charge is -2.29. The first-order chi connectivity index (χ1) is 11.6. The summed E-state index contributed by atoms with van der Waals surface area (Å²) in [6, 6.07) is 9.27. The van der Waals surface area contributed by atoms with Gasteiger partial charge in [-0.05, 0) is 43.9 Å². The number of likely N-dealkylation sites (tertiary alicyclic amines) is 1.